The van der Waals surface area contributed by atoms with Crippen LogP contribution in [0.2, 0.25) is 0 Å². The van der Waals surface area contributed by atoms with Gasteiger partial charge in [0, 0.05) is 25.2 Å². The van der Waals surface area contributed by atoms with Crippen LogP contribution in [0, 0.1) is 5.92 Å². The minimum atomic E-state index is 0.172. The molecule has 5 nitrogen and oxygen atoms in total. The third-order valence-corrected chi connectivity index (χ3v) is 2.90. The summed E-state index contributed by atoms with van der Waals surface area (Å²) < 4.78 is 5.60. The molecule has 19 heavy (non-hydrogen) atoms. The van der Waals surface area contributed by atoms with Crippen molar-refractivity contribution in [2.24, 2.45) is 5.92 Å². The van der Waals surface area contributed by atoms with Gasteiger partial charge in [-0.15, -0.1) is 0 Å². The van der Waals surface area contributed by atoms with E-state index in [4.69, 9.17) is 4.74 Å². The molecule has 1 saturated carbocycles. The number of hydrogen-bond acceptors (Lipinski definition) is 4. The molecule has 0 aromatic carbocycles. The summed E-state index contributed by atoms with van der Waals surface area (Å²) in [5.74, 6) is 1.93. The zero-order chi connectivity index (χ0) is 13.5. The van der Waals surface area contributed by atoms with E-state index in [1.54, 1.807) is 6.20 Å². The quantitative estimate of drug-likeness (QED) is 0.702. The molecule has 104 valence electrons. The van der Waals surface area contributed by atoms with Gasteiger partial charge in [-0.3, -0.25) is 4.79 Å². The average Bonchev–Trinajstić information content (AvgIpc) is 3.26. The lowest BCUT2D eigenvalue weighted by atomic mass is 10.4. The Morgan fingerprint density at radius 3 is 3.05 bits per heavy atom. The van der Waals surface area contributed by atoms with Crippen molar-refractivity contribution in [3.8, 4) is 5.75 Å². The van der Waals surface area contributed by atoms with Crippen LogP contribution in [0.5, 0.6) is 5.75 Å². The van der Waals surface area contributed by atoms with Gasteiger partial charge in [-0.2, -0.15) is 0 Å². The van der Waals surface area contributed by atoms with E-state index in [-0.39, 0.29) is 11.8 Å². The molecule has 0 bridgehead atoms. The van der Waals surface area contributed by atoms with Crippen LogP contribution in [0.1, 0.15) is 26.2 Å². The normalized spacial score (nSPS) is 13.9. The smallest absolute Gasteiger partial charge is 0.223 e. The highest BCUT2D eigenvalue weighted by Crippen LogP contribution is 2.28. The lowest BCUT2D eigenvalue weighted by molar-refractivity contribution is -0.122. The molecule has 1 aromatic rings. The lowest BCUT2D eigenvalue weighted by Gasteiger charge is -2.11. The first-order valence-corrected chi connectivity index (χ1v) is 6.90. The van der Waals surface area contributed by atoms with Gasteiger partial charge in [0.1, 0.15) is 0 Å². The zero-order valence-electron chi connectivity index (χ0n) is 11.3. The van der Waals surface area contributed by atoms with E-state index in [0.717, 1.165) is 30.8 Å². The fraction of sp³-hybridized carbons (Fsp3) is 0.571. The Morgan fingerprint density at radius 2 is 2.32 bits per heavy atom. The summed E-state index contributed by atoms with van der Waals surface area (Å²) in [4.78, 5) is 15.7. The molecule has 1 aliphatic carbocycles. The molecule has 1 fully saturated rings. The summed E-state index contributed by atoms with van der Waals surface area (Å²) in [5, 5.41) is 6.09. The average molecular weight is 263 g/mol. The van der Waals surface area contributed by atoms with Crippen molar-refractivity contribution in [2.75, 3.05) is 25.0 Å². The Hall–Kier alpha value is -1.78. The Labute approximate surface area is 113 Å². The number of pyridine rings is 1. The van der Waals surface area contributed by atoms with Crippen LogP contribution >= 0.6 is 0 Å². The molecule has 0 atom stereocenters. The summed E-state index contributed by atoms with van der Waals surface area (Å²) in [5.41, 5.74) is 0. The minimum absolute atomic E-state index is 0.172. The van der Waals surface area contributed by atoms with E-state index in [9.17, 15) is 4.79 Å². The highest BCUT2D eigenvalue weighted by atomic mass is 16.5. The zero-order valence-corrected chi connectivity index (χ0v) is 11.3. The van der Waals surface area contributed by atoms with Crippen LogP contribution in [0.25, 0.3) is 0 Å². The fourth-order valence-electron chi connectivity index (χ4n) is 1.71. The number of ether oxygens (including phenoxy) is 1. The van der Waals surface area contributed by atoms with Gasteiger partial charge in [-0.1, -0.05) is 6.92 Å². The van der Waals surface area contributed by atoms with Gasteiger partial charge < -0.3 is 15.4 Å². The monoisotopic (exact) mass is 263 g/mol. The molecule has 2 rings (SSSR count). The van der Waals surface area contributed by atoms with Gasteiger partial charge in [-0.05, 0) is 31.4 Å². The van der Waals surface area contributed by atoms with Crippen molar-refractivity contribution >= 4 is 11.7 Å². The second-order valence-corrected chi connectivity index (χ2v) is 4.69. The van der Waals surface area contributed by atoms with E-state index in [1.165, 1.54) is 0 Å². The highest BCUT2D eigenvalue weighted by molar-refractivity contribution is 5.80. The SMILES string of the molecule is CCCOc1cccnc1NCCNC(=O)C1CC1. The van der Waals surface area contributed by atoms with Crippen molar-refractivity contribution in [1.29, 1.82) is 0 Å². The van der Waals surface area contributed by atoms with Crippen LogP contribution < -0.4 is 15.4 Å². The van der Waals surface area contributed by atoms with Gasteiger partial charge in [0.05, 0.1) is 6.61 Å². The largest absolute Gasteiger partial charge is 0.490 e. The third-order valence-electron chi connectivity index (χ3n) is 2.90. The summed E-state index contributed by atoms with van der Waals surface area (Å²) in [6, 6.07) is 3.75. The van der Waals surface area contributed by atoms with E-state index in [2.05, 4.69) is 22.5 Å². The Balaban J connectivity index is 1.73. The van der Waals surface area contributed by atoms with E-state index >= 15 is 0 Å². The van der Waals surface area contributed by atoms with Gasteiger partial charge >= 0.3 is 0 Å². The number of nitrogens with one attached hydrogen (secondary N) is 2. The molecule has 0 unspecified atom stereocenters. The number of carbonyl (C=O) groups is 1. The second kappa shape index (κ2) is 6.97. The van der Waals surface area contributed by atoms with E-state index < -0.39 is 0 Å². The highest BCUT2D eigenvalue weighted by Gasteiger charge is 2.28. The molecule has 0 spiro atoms. The van der Waals surface area contributed by atoms with Crippen molar-refractivity contribution in [3.63, 3.8) is 0 Å². The molecule has 0 aliphatic heterocycles. The number of rotatable bonds is 8. The Morgan fingerprint density at radius 1 is 1.47 bits per heavy atom. The molecule has 1 heterocycles. The number of hydrogen-bond donors (Lipinski definition) is 2. The van der Waals surface area contributed by atoms with E-state index in [0.29, 0.717) is 19.7 Å². The van der Waals surface area contributed by atoms with Crippen molar-refractivity contribution < 1.29 is 9.53 Å². The molecule has 2 N–H and O–H groups in total. The molecule has 1 aromatic heterocycles. The molecule has 0 saturated heterocycles. The standard InChI is InChI=1S/C14H21N3O2/c1-2-10-19-12-4-3-7-15-13(12)16-8-9-17-14(18)11-5-6-11/h3-4,7,11H,2,5-6,8-10H2,1H3,(H,15,16)(H,17,18). The first kappa shape index (κ1) is 13.6. The minimum Gasteiger partial charge on any atom is -0.490 e. The molecular weight excluding hydrogens is 242 g/mol. The molecule has 1 amide bonds. The molecule has 0 radical (unpaired) electrons. The number of anilines is 1. The van der Waals surface area contributed by atoms with Gasteiger partial charge in [0.2, 0.25) is 5.91 Å². The Kier molecular flexibility index (Phi) is 5.01. The number of amides is 1. The predicted octanol–water partition coefficient (Wildman–Crippen LogP) is 1.81. The second-order valence-electron chi connectivity index (χ2n) is 4.69. The molecule has 1 aliphatic rings. The Bertz CT molecular complexity index is 419. The maximum Gasteiger partial charge on any atom is 0.223 e. The summed E-state index contributed by atoms with van der Waals surface area (Å²) in [6.45, 7) is 4.01. The van der Waals surface area contributed by atoms with Crippen LogP contribution in [-0.4, -0.2) is 30.6 Å². The van der Waals surface area contributed by atoms with Gasteiger partial charge in [0.25, 0.3) is 0 Å². The number of aromatic nitrogens is 1. The number of carbonyl (C=O) groups excluding carboxylic acids is 1. The van der Waals surface area contributed by atoms with Gasteiger partial charge in [0.15, 0.2) is 11.6 Å². The van der Waals surface area contributed by atoms with Crippen LogP contribution in [0.4, 0.5) is 5.82 Å². The summed E-state index contributed by atoms with van der Waals surface area (Å²) in [7, 11) is 0. The molecular formula is C14H21N3O2. The predicted molar refractivity (Wildman–Crippen MR) is 74.2 cm³/mol. The van der Waals surface area contributed by atoms with E-state index in [1.807, 2.05) is 12.1 Å². The first-order chi connectivity index (χ1) is 9.31. The lowest BCUT2D eigenvalue weighted by Crippen LogP contribution is -2.30. The maximum absolute atomic E-state index is 11.4. The van der Waals surface area contributed by atoms with Crippen LogP contribution in [-0.2, 0) is 4.79 Å². The van der Waals surface area contributed by atoms with Gasteiger partial charge in [-0.25, -0.2) is 4.98 Å². The number of nitrogens with zero attached hydrogens (tertiary/aromatic N) is 1. The summed E-state index contributed by atoms with van der Waals surface area (Å²) >= 11 is 0. The van der Waals surface area contributed by atoms with Crippen LogP contribution in [0.15, 0.2) is 18.3 Å². The van der Waals surface area contributed by atoms with Crippen LogP contribution in [0.3, 0.4) is 0 Å². The van der Waals surface area contributed by atoms with Crippen molar-refractivity contribution in [1.82, 2.24) is 10.3 Å². The van der Waals surface area contributed by atoms with Crippen molar-refractivity contribution in [3.05, 3.63) is 18.3 Å². The first-order valence-electron chi connectivity index (χ1n) is 6.90. The van der Waals surface area contributed by atoms with Crippen molar-refractivity contribution in [2.45, 2.75) is 26.2 Å². The fourth-order valence-corrected chi connectivity index (χ4v) is 1.71. The third kappa shape index (κ3) is 4.43. The topological polar surface area (TPSA) is 63.2 Å². The molecule has 5 heteroatoms. The maximum atomic E-state index is 11.4. The summed E-state index contributed by atoms with van der Waals surface area (Å²) in [6.07, 6.45) is 4.76.